The highest BCUT2D eigenvalue weighted by atomic mass is 79.9. The van der Waals surface area contributed by atoms with Gasteiger partial charge in [0.15, 0.2) is 5.84 Å². The molecule has 1 saturated heterocycles. The highest BCUT2D eigenvalue weighted by molar-refractivity contribution is 9.10. The van der Waals surface area contributed by atoms with Crippen LogP contribution in [0.5, 0.6) is 0 Å². The van der Waals surface area contributed by atoms with Crippen LogP contribution in [0.3, 0.4) is 0 Å². The van der Waals surface area contributed by atoms with Gasteiger partial charge in [-0.1, -0.05) is 12.1 Å². The summed E-state index contributed by atoms with van der Waals surface area (Å²) in [7, 11) is 0. The average Bonchev–Trinajstić information content (AvgIpc) is 2.46. The maximum absolute atomic E-state index is 8.70. The summed E-state index contributed by atoms with van der Waals surface area (Å²) >= 11 is 5.63. The van der Waals surface area contributed by atoms with Crippen molar-refractivity contribution in [1.29, 1.82) is 0 Å². The number of thioether (sulfide) groups is 1. The summed E-state index contributed by atoms with van der Waals surface area (Å²) in [6.07, 6.45) is 1.20. The van der Waals surface area contributed by atoms with Gasteiger partial charge in [-0.25, -0.2) is 0 Å². The lowest BCUT2D eigenvalue weighted by molar-refractivity contribution is 0.318. The highest BCUT2D eigenvalue weighted by Gasteiger charge is 2.20. The van der Waals surface area contributed by atoms with Crippen LogP contribution in [0.25, 0.3) is 0 Å². The second-order valence-electron chi connectivity index (χ2n) is 4.50. The van der Waals surface area contributed by atoms with Crippen molar-refractivity contribution < 1.29 is 5.21 Å². The fourth-order valence-electron chi connectivity index (χ4n) is 2.17. The lowest BCUT2D eigenvalue weighted by atomic mass is 10.1. The SMILES string of the molecule is CCC1CN(c2ccc(/C(N)=N/O)cc2Br)CCS1. The maximum atomic E-state index is 8.70. The number of oxime groups is 1. The first kappa shape index (κ1) is 14.5. The van der Waals surface area contributed by atoms with Crippen molar-refractivity contribution in [2.75, 3.05) is 23.7 Å². The molecule has 0 spiro atoms. The lowest BCUT2D eigenvalue weighted by Crippen LogP contribution is -2.37. The van der Waals surface area contributed by atoms with E-state index in [-0.39, 0.29) is 5.84 Å². The molecular formula is C13H18BrN3OS. The van der Waals surface area contributed by atoms with Gasteiger partial charge in [-0.3, -0.25) is 0 Å². The summed E-state index contributed by atoms with van der Waals surface area (Å²) in [5, 5.41) is 12.4. The van der Waals surface area contributed by atoms with Gasteiger partial charge in [0.25, 0.3) is 0 Å². The molecule has 0 amide bonds. The van der Waals surface area contributed by atoms with Gasteiger partial charge in [0.2, 0.25) is 0 Å². The quantitative estimate of drug-likeness (QED) is 0.383. The zero-order chi connectivity index (χ0) is 13.8. The van der Waals surface area contributed by atoms with Crippen molar-refractivity contribution >= 4 is 39.2 Å². The minimum Gasteiger partial charge on any atom is -0.409 e. The third-order valence-corrected chi connectivity index (χ3v) is 5.29. The van der Waals surface area contributed by atoms with Crippen LogP contribution >= 0.6 is 27.7 Å². The third-order valence-electron chi connectivity index (χ3n) is 3.29. The van der Waals surface area contributed by atoms with E-state index in [9.17, 15) is 0 Å². The van der Waals surface area contributed by atoms with Crippen LogP contribution in [0, 0.1) is 0 Å². The van der Waals surface area contributed by atoms with Gasteiger partial charge in [0.05, 0.1) is 5.69 Å². The zero-order valence-electron chi connectivity index (χ0n) is 10.8. The number of nitrogens with two attached hydrogens (primary N) is 1. The Balaban J connectivity index is 2.21. The van der Waals surface area contributed by atoms with Crippen LogP contribution in [0.15, 0.2) is 27.8 Å². The molecule has 1 heterocycles. The molecule has 3 N–H and O–H groups in total. The minimum absolute atomic E-state index is 0.132. The molecule has 1 aromatic rings. The predicted octanol–water partition coefficient (Wildman–Crippen LogP) is 2.88. The maximum Gasteiger partial charge on any atom is 0.170 e. The molecule has 1 fully saturated rings. The number of halogens is 1. The molecule has 0 aromatic heterocycles. The topological polar surface area (TPSA) is 61.8 Å². The molecule has 2 rings (SSSR count). The number of benzene rings is 1. The molecule has 1 aromatic carbocycles. The summed E-state index contributed by atoms with van der Waals surface area (Å²) in [6.45, 7) is 4.36. The van der Waals surface area contributed by atoms with Crippen molar-refractivity contribution in [2.45, 2.75) is 18.6 Å². The second-order valence-corrected chi connectivity index (χ2v) is 6.76. The van der Waals surface area contributed by atoms with Crippen LogP contribution in [0.2, 0.25) is 0 Å². The number of nitrogens with zero attached hydrogens (tertiary/aromatic N) is 2. The molecular weight excluding hydrogens is 326 g/mol. The van der Waals surface area contributed by atoms with Gasteiger partial charge in [-0.15, -0.1) is 0 Å². The first-order valence-corrected chi connectivity index (χ1v) is 8.14. The monoisotopic (exact) mass is 343 g/mol. The van der Waals surface area contributed by atoms with E-state index in [1.807, 2.05) is 30.0 Å². The molecule has 0 aliphatic carbocycles. The smallest absolute Gasteiger partial charge is 0.170 e. The Hall–Kier alpha value is -0.880. The van der Waals surface area contributed by atoms with Crippen molar-refractivity contribution in [3.05, 3.63) is 28.2 Å². The van der Waals surface area contributed by atoms with E-state index in [2.05, 4.69) is 32.9 Å². The van der Waals surface area contributed by atoms with Crippen molar-refractivity contribution in [2.24, 2.45) is 10.9 Å². The third kappa shape index (κ3) is 3.36. The Morgan fingerprint density at radius 2 is 2.42 bits per heavy atom. The summed E-state index contributed by atoms with van der Waals surface area (Å²) in [6, 6.07) is 5.81. The predicted molar refractivity (Wildman–Crippen MR) is 85.4 cm³/mol. The van der Waals surface area contributed by atoms with E-state index in [0.29, 0.717) is 5.25 Å². The average molecular weight is 344 g/mol. The fraction of sp³-hybridized carbons (Fsp3) is 0.462. The molecule has 1 aliphatic rings. The van der Waals surface area contributed by atoms with E-state index in [0.717, 1.165) is 28.9 Å². The number of anilines is 1. The Kier molecular flexibility index (Phi) is 4.99. The van der Waals surface area contributed by atoms with E-state index in [1.54, 1.807) is 0 Å². The van der Waals surface area contributed by atoms with Crippen LogP contribution in [-0.4, -0.2) is 35.1 Å². The molecule has 0 radical (unpaired) electrons. The molecule has 104 valence electrons. The molecule has 6 heteroatoms. The van der Waals surface area contributed by atoms with Gasteiger partial charge >= 0.3 is 0 Å². The van der Waals surface area contributed by atoms with Crippen molar-refractivity contribution in [1.82, 2.24) is 0 Å². The first-order chi connectivity index (χ1) is 9.15. The van der Waals surface area contributed by atoms with E-state index in [4.69, 9.17) is 10.9 Å². The number of rotatable bonds is 3. The minimum atomic E-state index is 0.132. The van der Waals surface area contributed by atoms with Gasteiger partial charge < -0.3 is 15.8 Å². The van der Waals surface area contributed by atoms with E-state index >= 15 is 0 Å². The molecule has 1 atom stereocenters. The number of amidine groups is 1. The van der Waals surface area contributed by atoms with Crippen LogP contribution in [0.4, 0.5) is 5.69 Å². The summed E-state index contributed by atoms with van der Waals surface area (Å²) in [5.74, 6) is 1.29. The first-order valence-electron chi connectivity index (χ1n) is 6.29. The largest absolute Gasteiger partial charge is 0.409 e. The Morgan fingerprint density at radius 1 is 1.63 bits per heavy atom. The van der Waals surface area contributed by atoms with Crippen LogP contribution in [0.1, 0.15) is 18.9 Å². The van der Waals surface area contributed by atoms with Crippen LogP contribution < -0.4 is 10.6 Å². The van der Waals surface area contributed by atoms with Gasteiger partial charge in [0, 0.05) is 34.1 Å². The standard InChI is InChI=1S/C13H18BrN3OS/c1-2-10-8-17(5-6-19-10)12-4-3-9(7-11(12)14)13(15)16-18/h3-4,7,10,18H,2,5-6,8H2,1H3,(H2,15,16). The van der Waals surface area contributed by atoms with Gasteiger partial charge in [-0.2, -0.15) is 11.8 Å². The number of hydrogen-bond acceptors (Lipinski definition) is 4. The number of hydrogen-bond donors (Lipinski definition) is 2. The summed E-state index contributed by atoms with van der Waals surface area (Å²) in [4.78, 5) is 2.39. The molecule has 1 aliphatic heterocycles. The summed E-state index contributed by atoms with van der Waals surface area (Å²) < 4.78 is 0.985. The highest BCUT2D eigenvalue weighted by Crippen LogP contribution is 2.31. The fourth-order valence-corrected chi connectivity index (χ4v) is 3.98. The molecule has 19 heavy (non-hydrogen) atoms. The van der Waals surface area contributed by atoms with Crippen molar-refractivity contribution in [3.8, 4) is 0 Å². The molecule has 1 unspecified atom stereocenters. The molecule has 0 saturated carbocycles. The van der Waals surface area contributed by atoms with E-state index < -0.39 is 0 Å². The molecule has 0 bridgehead atoms. The summed E-state index contributed by atoms with van der Waals surface area (Å²) in [5.41, 5.74) is 7.49. The normalized spacial score (nSPS) is 20.6. The molecule has 4 nitrogen and oxygen atoms in total. The van der Waals surface area contributed by atoms with Crippen molar-refractivity contribution in [3.63, 3.8) is 0 Å². The van der Waals surface area contributed by atoms with Gasteiger partial charge in [-0.05, 0) is 40.5 Å². The second kappa shape index (κ2) is 6.52. The van der Waals surface area contributed by atoms with E-state index in [1.165, 1.54) is 12.1 Å². The Bertz CT molecular complexity index is 481. The zero-order valence-corrected chi connectivity index (χ0v) is 13.2. The Labute approximate surface area is 126 Å². The van der Waals surface area contributed by atoms with Crippen LogP contribution in [-0.2, 0) is 0 Å². The Morgan fingerprint density at radius 3 is 3.05 bits per heavy atom. The lowest BCUT2D eigenvalue weighted by Gasteiger charge is -2.34. The van der Waals surface area contributed by atoms with Gasteiger partial charge in [0.1, 0.15) is 0 Å².